The van der Waals surface area contributed by atoms with Crippen molar-refractivity contribution in [1.29, 1.82) is 5.26 Å². The van der Waals surface area contributed by atoms with Gasteiger partial charge in [0.1, 0.15) is 11.9 Å². The van der Waals surface area contributed by atoms with Crippen molar-refractivity contribution in [2.75, 3.05) is 45.4 Å². The van der Waals surface area contributed by atoms with Crippen LogP contribution in [0.5, 0.6) is 5.75 Å². The molecule has 1 fully saturated rings. The maximum atomic E-state index is 14.2. The van der Waals surface area contributed by atoms with Gasteiger partial charge in [0.2, 0.25) is 0 Å². The van der Waals surface area contributed by atoms with E-state index >= 15 is 0 Å². The Hall–Kier alpha value is -2.73. The maximum Gasteiger partial charge on any atom is 0.165 e. The van der Waals surface area contributed by atoms with Crippen LogP contribution < -0.4 is 9.64 Å². The van der Waals surface area contributed by atoms with Crippen LogP contribution in [0.1, 0.15) is 38.3 Å². The summed E-state index contributed by atoms with van der Waals surface area (Å²) >= 11 is 0. The predicted molar refractivity (Wildman–Crippen MR) is 129 cm³/mol. The van der Waals surface area contributed by atoms with Crippen molar-refractivity contribution in [3.63, 3.8) is 0 Å². The molecule has 1 aromatic heterocycles. The highest BCUT2D eigenvalue weighted by Gasteiger charge is 2.27. The van der Waals surface area contributed by atoms with E-state index in [1.807, 2.05) is 11.0 Å². The lowest BCUT2D eigenvalue weighted by molar-refractivity contribution is -0.204. The highest BCUT2D eigenvalue weighted by Crippen LogP contribution is 2.23. The fourth-order valence-electron chi connectivity index (χ4n) is 3.72. The molecule has 0 amide bonds. The van der Waals surface area contributed by atoms with Gasteiger partial charge in [-0.15, -0.1) is 0 Å². The van der Waals surface area contributed by atoms with E-state index in [2.05, 4.69) is 43.8 Å². The number of halogens is 1. The van der Waals surface area contributed by atoms with Gasteiger partial charge < -0.3 is 24.0 Å². The van der Waals surface area contributed by atoms with Crippen LogP contribution in [0.2, 0.25) is 0 Å². The predicted octanol–water partition coefficient (Wildman–Crippen LogP) is 4.22. The van der Waals surface area contributed by atoms with Gasteiger partial charge >= 0.3 is 0 Å². The summed E-state index contributed by atoms with van der Waals surface area (Å²) in [4.78, 5) is 8.78. The molecule has 1 aliphatic heterocycles. The molecular formula is C26H35FN4O3. The highest BCUT2D eigenvalue weighted by molar-refractivity contribution is 5.43. The molecule has 0 saturated carbocycles. The molecule has 0 bridgehead atoms. The Kier molecular flexibility index (Phi) is 8.84. The molecule has 0 aliphatic carbocycles. The van der Waals surface area contributed by atoms with Crippen molar-refractivity contribution >= 4 is 5.82 Å². The van der Waals surface area contributed by atoms with Gasteiger partial charge in [-0.2, -0.15) is 5.26 Å². The third-order valence-electron chi connectivity index (χ3n) is 6.14. The van der Waals surface area contributed by atoms with E-state index in [1.54, 1.807) is 24.4 Å². The van der Waals surface area contributed by atoms with Crippen LogP contribution in [0.25, 0.3) is 0 Å². The SMILES string of the molecule is COc1ccc(CN(CCC2OCC(CN(C)C(C)(C)C)CO2)c2ccc(C#N)cn2)cc1F. The molecule has 1 saturated heterocycles. The Morgan fingerprint density at radius 2 is 1.94 bits per heavy atom. The zero-order valence-electron chi connectivity index (χ0n) is 20.8. The standard InChI is InChI=1S/C26H35FN4O3/c1-26(2,3)30(4)15-21-17-33-25(34-18-21)10-11-31(24-9-7-20(13-28)14-29-24)16-19-6-8-23(32-5)22(27)12-19/h6-9,12,14,21,25H,10-11,15-18H2,1-5H3. The van der Waals surface area contributed by atoms with Gasteiger partial charge in [0.25, 0.3) is 0 Å². The van der Waals surface area contributed by atoms with E-state index in [0.717, 1.165) is 12.1 Å². The van der Waals surface area contributed by atoms with Gasteiger partial charge in [0.05, 0.1) is 25.9 Å². The van der Waals surface area contributed by atoms with Gasteiger partial charge in [0.15, 0.2) is 17.9 Å². The van der Waals surface area contributed by atoms with Crippen LogP contribution in [0.4, 0.5) is 10.2 Å². The van der Waals surface area contributed by atoms with E-state index in [4.69, 9.17) is 19.5 Å². The number of benzene rings is 1. The van der Waals surface area contributed by atoms with E-state index < -0.39 is 5.82 Å². The topological polar surface area (TPSA) is 70.8 Å². The summed E-state index contributed by atoms with van der Waals surface area (Å²) in [5.41, 5.74) is 1.39. The number of anilines is 1. The molecule has 0 N–H and O–H groups in total. The molecule has 0 unspecified atom stereocenters. The van der Waals surface area contributed by atoms with E-state index in [0.29, 0.717) is 50.0 Å². The first-order valence-corrected chi connectivity index (χ1v) is 11.6. The second-order valence-electron chi connectivity index (χ2n) is 9.71. The minimum Gasteiger partial charge on any atom is -0.494 e. The normalized spacial score (nSPS) is 18.5. The number of nitriles is 1. The van der Waals surface area contributed by atoms with Crippen LogP contribution in [0.3, 0.4) is 0 Å². The average Bonchev–Trinajstić information content (AvgIpc) is 2.82. The van der Waals surface area contributed by atoms with E-state index in [9.17, 15) is 4.39 Å². The van der Waals surface area contributed by atoms with Crippen molar-refractivity contribution < 1.29 is 18.6 Å². The van der Waals surface area contributed by atoms with Crippen LogP contribution in [0.15, 0.2) is 36.5 Å². The highest BCUT2D eigenvalue weighted by atomic mass is 19.1. The first-order chi connectivity index (χ1) is 16.2. The lowest BCUT2D eigenvalue weighted by Gasteiger charge is -2.37. The Labute approximate surface area is 202 Å². The van der Waals surface area contributed by atoms with Crippen LogP contribution in [-0.2, 0) is 16.0 Å². The van der Waals surface area contributed by atoms with Crippen LogP contribution >= 0.6 is 0 Å². The molecule has 34 heavy (non-hydrogen) atoms. The number of aromatic nitrogens is 1. The summed E-state index contributed by atoms with van der Waals surface area (Å²) < 4.78 is 31.3. The zero-order valence-corrected chi connectivity index (χ0v) is 20.8. The second kappa shape index (κ2) is 11.6. The summed E-state index contributed by atoms with van der Waals surface area (Å²) in [5.74, 6) is 0.843. The number of nitrogens with zero attached hydrogens (tertiary/aromatic N) is 4. The van der Waals surface area contributed by atoms with Gasteiger partial charge in [-0.1, -0.05) is 6.07 Å². The first-order valence-electron chi connectivity index (χ1n) is 11.6. The molecule has 0 atom stereocenters. The van der Waals surface area contributed by atoms with Crippen LogP contribution in [0, 0.1) is 23.1 Å². The van der Waals surface area contributed by atoms with Crippen molar-refractivity contribution in [3.8, 4) is 11.8 Å². The quantitative estimate of drug-likeness (QED) is 0.543. The smallest absolute Gasteiger partial charge is 0.165 e. The van der Waals surface area contributed by atoms with Gasteiger partial charge in [0, 0.05) is 43.7 Å². The zero-order chi connectivity index (χ0) is 24.7. The monoisotopic (exact) mass is 470 g/mol. The number of methoxy groups -OCH3 is 1. The Morgan fingerprint density at radius 1 is 1.21 bits per heavy atom. The van der Waals surface area contributed by atoms with E-state index in [-0.39, 0.29) is 17.6 Å². The van der Waals surface area contributed by atoms with Gasteiger partial charge in [-0.05, 0) is 57.6 Å². The molecule has 3 rings (SSSR count). The molecule has 1 aliphatic rings. The first kappa shape index (κ1) is 25.9. The number of rotatable bonds is 9. The average molecular weight is 471 g/mol. The molecular weight excluding hydrogens is 435 g/mol. The molecule has 8 heteroatoms. The number of hydrogen-bond donors (Lipinski definition) is 0. The van der Waals surface area contributed by atoms with Crippen molar-refractivity contribution in [2.45, 2.75) is 45.6 Å². The molecule has 0 spiro atoms. The molecule has 0 radical (unpaired) electrons. The fraction of sp³-hybridized carbons (Fsp3) is 0.538. The van der Waals surface area contributed by atoms with Crippen molar-refractivity contribution in [1.82, 2.24) is 9.88 Å². The van der Waals surface area contributed by atoms with Crippen molar-refractivity contribution in [3.05, 3.63) is 53.5 Å². The van der Waals surface area contributed by atoms with Gasteiger partial charge in [-0.3, -0.25) is 0 Å². The molecule has 2 heterocycles. The summed E-state index contributed by atoms with van der Waals surface area (Å²) in [6, 6.07) is 10.5. The number of hydrogen-bond acceptors (Lipinski definition) is 7. The number of pyridine rings is 1. The van der Waals surface area contributed by atoms with Gasteiger partial charge in [-0.25, -0.2) is 9.37 Å². The fourth-order valence-corrected chi connectivity index (χ4v) is 3.72. The third-order valence-corrected chi connectivity index (χ3v) is 6.14. The molecule has 2 aromatic rings. The van der Waals surface area contributed by atoms with Crippen LogP contribution in [-0.4, -0.2) is 62.2 Å². The third kappa shape index (κ3) is 7.13. The van der Waals surface area contributed by atoms with E-state index in [1.165, 1.54) is 13.2 Å². The molecule has 184 valence electrons. The summed E-state index contributed by atoms with van der Waals surface area (Å²) in [6.45, 7) is 9.87. The Bertz CT molecular complexity index is 963. The summed E-state index contributed by atoms with van der Waals surface area (Å²) in [7, 11) is 3.57. The second-order valence-corrected chi connectivity index (χ2v) is 9.71. The largest absolute Gasteiger partial charge is 0.494 e. The Balaban J connectivity index is 1.62. The lowest BCUT2D eigenvalue weighted by Crippen LogP contribution is -2.45. The summed E-state index contributed by atoms with van der Waals surface area (Å²) in [6.07, 6.45) is 1.88. The lowest BCUT2D eigenvalue weighted by atomic mass is 10.0. The molecule has 7 nitrogen and oxygen atoms in total. The minimum absolute atomic E-state index is 0.104. The summed E-state index contributed by atoms with van der Waals surface area (Å²) in [5, 5.41) is 9.08. The minimum atomic E-state index is -0.405. The number of ether oxygens (including phenoxy) is 3. The van der Waals surface area contributed by atoms with Crippen molar-refractivity contribution in [2.24, 2.45) is 5.92 Å². The maximum absolute atomic E-state index is 14.2. The molecule has 1 aromatic carbocycles. The Morgan fingerprint density at radius 3 is 2.50 bits per heavy atom.